The van der Waals surface area contributed by atoms with E-state index in [0.717, 1.165) is 29.1 Å². The summed E-state index contributed by atoms with van der Waals surface area (Å²) in [7, 11) is 3.08. The van der Waals surface area contributed by atoms with Crippen molar-refractivity contribution >= 4 is 34.7 Å². The van der Waals surface area contributed by atoms with E-state index in [2.05, 4.69) is 19.5 Å². The fourth-order valence-electron chi connectivity index (χ4n) is 2.84. The number of aromatic nitrogens is 3. The Kier molecular flexibility index (Phi) is 12.1. The van der Waals surface area contributed by atoms with E-state index in [0.29, 0.717) is 23.1 Å². The Morgan fingerprint density at radius 3 is 2.31 bits per heavy atom. The van der Waals surface area contributed by atoms with Crippen molar-refractivity contribution in [3.8, 4) is 5.88 Å². The third-order valence-corrected chi connectivity index (χ3v) is 4.79. The van der Waals surface area contributed by atoms with Crippen molar-refractivity contribution in [3.05, 3.63) is 58.1 Å². The highest BCUT2D eigenvalue weighted by Gasteiger charge is 2.16. The summed E-state index contributed by atoms with van der Waals surface area (Å²) in [6.45, 7) is 13.4. The van der Waals surface area contributed by atoms with Gasteiger partial charge in [0.05, 0.1) is 25.4 Å². The second-order valence-corrected chi connectivity index (χ2v) is 8.45. The largest absolute Gasteiger partial charge is 0.480 e. The smallest absolute Gasteiger partial charge is 0.419 e. The van der Waals surface area contributed by atoms with Crippen molar-refractivity contribution in [1.29, 1.82) is 0 Å². The minimum Gasteiger partial charge on any atom is -0.480 e. The van der Waals surface area contributed by atoms with Gasteiger partial charge in [-0.15, -0.1) is 0 Å². The number of pyridine rings is 1. The van der Waals surface area contributed by atoms with E-state index >= 15 is 0 Å². The van der Waals surface area contributed by atoms with Gasteiger partial charge in [-0.3, -0.25) is 4.79 Å². The number of carbonyl (C=O) groups excluding carboxylic acids is 1. The number of methoxy groups -OCH3 is 1. The zero-order chi connectivity index (χ0) is 26.6. The van der Waals surface area contributed by atoms with Gasteiger partial charge in [0.1, 0.15) is 11.0 Å². The van der Waals surface area contributed by atoms with Crippen LogP contribution in [-0.2, 0) is 18.2 Å². The molecular weight excluding hydrogens is 466 g/mol. The molecule has 1 amide bonds. The highest BCUT2D eigenvalue weighted by atomic mass is 32.2. The minimum atomic E-state index is -0.547. The minimum absolute atomic E-state index is 0.249. The second-order valence-electron chi connectivity index (χ2n) is 7.84. The zero-order valence-corrected chi connectivity index (χ0v) is 22.9. The number of nitrogens with one attached hydrogen (secondary N) is 2. The molecule has 0 atom stereocenters. The molecule has 0 aliphatic rings. The molecule has 0 bridgehead atoms. The maximum atomic E-state index is 12.3. The molecule has 3 aromatic rings. The Labute approximate surface area is 211 Å². The standard InChI is InChI=1S/C21H25N5O4S.2C2H6/c1-21(2,3)30-20(28)25-31-24-15-8-6-13(7-9-15)10-16-11-14-12-22-26(4)19(27)17(14)18(23-16)29-5;2*1-2/h6-9,11-12,24H,10H2,1-5H3,(H,25,28);2*1-2H3. The molecule has 2 aromatic heterocycles. The molecular formula is C25H37N5O4S. The SMILES string of the molecule is CC.CC.COc1nc(Cc2ccc(NSNC(=O)OC(C)(C)C)cc2)cc2cnn(C)c(=O)c12. The van der Waals surface area contributed by atoms with E-state index in [4.69, 9.17) is 9.47 Å². The van der Waals surface area contributed by atoms with Crippen molar-refractivity contribution in [2.75, 3.05) is 11.8 Å². The Bertz CT molecular complexity index is 1140. The number of hydrogen-bond donors (Lipinski definition) is 2. The van der Waals surface area contributed by atoms with Crippen LogP contribution in [0.3, 0.4) is 0 Å². The number of nitrogens with zero attached hydrogens (tertiary/aromatic N) is 3. The van der Waals surface area contributed by atoms with Gasteiger partial charge in [0.2, 0.25) is 5.88 Å². The summed E-state index contributed by atoms with van der Waals surface area (Å²) >= 11 is 1.03. The third-order valence-electron chi connectivity index (χ3n) is 4.18. The lowest BCUT2D eigenvalue weighted by atomic mass is 10.1. The lowest BCUT2D eigenvalue weighted by Crippen LogP contribution is -2.29. The van der Waals surface area contributed by atoms with Crippen molar-refractivity contribution in [1.82, 2.24) is 19.5 Å². The molecule has 10 heteroatoms. The maximum absolute atomic E-state index is 12.3. The van der Waals surface area contributed by atoms with Crippen LogP contribution < -0.4 is 19.7 Å². The zero-order valence-electron chi connectivity index (χ0n) is 22.1. The lowest BCUT2D eigenvalue weighted by Gasteiger charge is -2.19. The van der Waals surface area contributed by atoms with Crippen molar-refractivity contribution < 1.29 is 14.3 Å². The maximum Gasteiger partial charge on any atom is 0.419 e. The molecule has 9 nitrogen and oxygen atoms in total. The molecule has 0 aliphatic heterocycles. The van der Waals surface area contributed by atoms with Gasteiger partial charge in [0.15, 0.2) is 0 Å². The molecule has 0 radical (unpaired) electrons. The molecule has 0 saturated carbocycles. The van der Waals surface area contributed by atoms with E-state index in [1.165, 1.54) is 11.8 Å². The molecule has 0 fully saturated rings. The van der Waals surface area contributed by atoms with Crippen LogP contribution >= 0.6 is 12.1 Å². The molecule has 0 spiro atoms. The van der Waals surface area contributed by atoms with Gasteiger partial charge in [0, 0.05) is 30.2 Å². The first-order chi connectivity index (χ1) is 16.7. The van der Waals surface area contributed by atoms with Crippen LogP contribution in [0.5, 0.6) is 5.88 Å². The molecule has 35 heavy (non-hydrogen) atoms. The fourth-order valence-corrected chi connectivity index (χ4v) is 3.27. The summed E-state index contributed by atoms with van der Waals surface area (Å²) < 4.78 is 17.4. The first kappa shape index (κ1) is 29.8. The predicted octanol–water partition coefficient (Wildman–Crippen LogP) is 5.48. The van der Waals surface area contributed by atoms with Crippen molar-refractivity contribution in [2.24, 2.45) is 7.05 Å². The average molecular weight is 504 g/mol. The van der Waals surface area contributed by atoms with Crippen LogP contribution in [0.4, 0.5) is 10.5 Å². The first-order valence-corrected chi connectivity index (χ1v) is 12.4. The summed E-state index contributed by atoms with van der Waals surface area (Å²) in [4.78, 5) is 28.5. The summed E-state index contributed by atoms with van der Waals surface area (Å²) in [6, 6.07) is 9.55. The van der Waals surface area contributed by atoms with Crippen LogP contribution in [0.15, 0.2) is 41.3 Å². The normalized spacial score (nSPS) is 10.3. The number of carbonyl (C=O) groups is 1. The van der Waals surface area contributed by atoms with E-state index in [9.17, 15) is 9.59 Å². The van der Waals surface area contributed by atoms with Crippen molar-refractivity contribution in [3.63, 3.8) is 0 Å². The predicted molar refractivity (Wildman–Crippen MR) is 144 cm³/mol. The number of ether oxygens (including phenoxy) is 2. The third kappa shape index (κ3) is 9.12. The topological polar surface area (TPSA) is 107 Å². The molecule has 1 aromatic carbocycles. The number of rotatable bonds is 6. The number of amides is 1. The van der Waals surface area contributed by atoms with Gasteiger partial charge in [-0.25, -0.2) is 19.2 Å². The number of hydrogen-bond acceptors (Lipinski definition) is 8. The summed E-state index contributed by atoms with van der Waals surface area (Å²) in [5.41, 5.74) is 1.82. The molecule has 0 aliphatic carbocycles. The average Bonchev–Trinajstić information content (AvgIpc) is 2.83. The number of benzene rings is 1. The van der Waals surface area contributed by atoms with E-state index < -0.39 is 11.7 Å². The highest BCUT2D eigenvalue weighted by Crippen LogP contribution is 2.22. The molecule has 2 N–H and O–H groups in total. The van der Waals surface area contributed by atoms with Crippen LogP contribution in [0.2, 0.25) is 0 Å². The Balaban J connectivity index is 0.00000145. The lowest BCUT2D eigenvalue weighted by molar-refractivity contribution is 0.0575. The van der Waals surface area contributed by atoms with Gasteiger partial charge in [-0.1, -0.05) is 39.8 Å². The number of aryl methyl sites for hydroxylation is 1. The van der Waals surface area contributed by atoms with E-state index in [-0.39, 0.29) is 5.56 Å². The van der Waals surface area contributed by atoms with Crippen LogP contribution in [0, 0.1) is 0 Å². The number of fused-ring (bicyclic) bond motifs is 1. The Morgan fingerprint density at radius 1 is 1.11 bits per heavy atom. The molecule has 3 rings (SSSR count). The second kappa shape index (κ2) is 14.2. The Morgan fingerprint density at radius 2 is 1.74 bits per heavy atom. The van der Waals surface area contributed by atoms with Crippen molar-refractivity contribution in [2.45, 2.75) is 60.5 Å². The van der Waals surface area contributed by atoms with Gasteiger partial charge in [-0.2, -0.15) is 5.10 Å². The van der Waals surface area contributed by atoms with Crippen LogP contribution in [0.1, 0.15) is 59.7 Å². The fraction of sp³-hybridized carbons (Fsp3) is 0.440. The van der Waals surface area contributed by atoms with Gasteiger partial charge >= 0.3 is 6.09 Å². The number of anilines is 1. The summed E-state index contributed by atoms with van der Waals surface area (Å²) in [6.07, 6.45) is 1.68. The molecule has 0 saturated heterocycles. The molecule has 2 heterocycles. The van der Waals surface area contributed by atoms with E-state index in [1.54, 1.807) is 34.0 Å². The summed E-state index contributed by atoms with van der Waals surface area (Å²) in [5.74, 6) is 0.290. The van der Waals surface area contributed by atoms with Gasteiger partial charge in [0.25, 0.3) is 5.56 Å². The highest BCUT2D eigenvalue weighted by molar-refractivity contribution is 7.99. The molecule has 192 valence electrons. The van der Waals surface area contributed by atoms with Gasteiger partial charge < -0.3 is 14.2 Å². The first-order valence-electron chi connectivity index (χ1n) is 11.6. The molecule has 0 unspecified atom stereocenters. The monoisotopic (exact) mass is 503 g/mol. The van der Waals surface area contributed by atoms with Crippen LogP contribution in [-0.4, -0.2) is 33.6 Å². The van der Waals surface area contributed by atoms with E-state index in [1.807, 2.05) is 58.0 Å². The quantitative estimate of drug-likeness (QED) is 0.426. The van der Waals surface area contributed by atoms with Gasteiger partial charge in [-0.05, 0) is 44.5 Å². The Hall–Kier alpha value is -3.27. The summed E-state index contributed by atoms with van der Waals surface area (Å²) in [5, 5.41) is 5.18. The van der Waals surface area contributed by atoms with Crippen LogP contribution in [0.25, 0.3) is 10.8 Å².